The Hall–Kier alpha value is -3.40. The van der Waals surface area contributed by atoms with Crippen molar-refractivity contribution in [3.63, 3.8) is 0 Å². The fraction of sp³-hybridized carbons (Fsp3) is 0.211. The Labute approximate surface area is 161 Å². The lowest BCUT2D eigenvalue weighted by molar-refractivity contribution is -0.140. The Morgan fingerprint density at radius 1 is 1.17 bits per heavy atom. The van der Waals surface area contributed by atoms with Crippen LogP contribution in [-0.2, 0) is 17.5 Å². The lowest BCUT2D eigenvalue weighted by Gasteiger charge is -2.07. The Kier molecular flexibility index (Phi) is 4.50. The molecule has 0 bridgehead atoms. The fourth-order valence-electron chi connectivity index (χ4n) is 3.14. The van der Waals surface area contributed by atoms with Gasteiger partial charge in [-0.15, -0.1) is 0 Å². The van der Waals surface area contributed by atoms with Gasteiger partial charge in [0.05, 0.1) is 17.9 Å². The molecule has 3 aromatic heterocycles. The molecule has 7 nitrogen and oxygen atoms in total. The maximum atomic E-state index is 13.7. The number of oxazole rings is 1. The van der Waals surface area contributed by atoms with Gasteiger partial charge in [0, 0.05) is 7.11 Å². The average molecular weight is 404 g/mol. The fourth-order valence-corrected chi connectivity index (χ4v) is 3.14. The van der Waals surface area contributed by atoms with Gasteiger partial charge >= 0.3 is 6.18 Å². The number of alkyl halides is 3. The van der Waals surface area contributed by atoms with Gasteiger partial charge in [-0.1, -0.05) is 30.3 Å². The van der Waals surface area contributed by atoms with Crippen molar-refractivity contribution in [3.05, 3.63) is 64.0 Å². The van der Waals surface area contributed by atoms with Crippen LogP contribution in [0.25, 0.3) is 28.2 Å². The van der Waals surface area contributed by atoms with Crippen LogP contribution >= 0.6 is 0 Å². The van der Waals surface area contributed by atoms with E-state index in [1.807, 2.05) is 0 Å². The van der Waals surface area contributed by atoms with Crippen LogP contribution in [0.15, 0.2) is 45.8 Å². The normalized spacial score (nSPS) is 12.0. The van der Waals surface area contributed by atoms with Crippen LogP contribution < -0.4 is 5.56 Å². The smallest absolute Gasteiger partial charge is 0.433 e. The van der Waals surface area contributed by atoms with Crippen molar-refractivity contribution in [2.45, 2.75) is 19.7 Å². The van der Waals surface area contributed by atoms with E-state index in [1.54, 1.807) is 18.2 Å². The van der Waals surface area contributed by atoms with Crippen molar-refractivity contribution in [2.24, 2.45) is 0 Å². The summed E-state index contributed by atoms with van der Waals surface area (Å²) in [5.74, 6) is -0.0362. The molecule has 0 aliphatic carbocycles. The van der Waals surface area contributed by atoms with E-state index in [9.17, 15) is 18.0 Å². The number of benzene rings is 1. The van der Waals surface area contributed by atoms with E-state index in [0.717, 1.165) is 4.52 Å². The third kappa shape index (κ3) is 3.21. The first-order valence-electron chi connectivity index (χ1n) is 8.53. The molecule has 0 amide bonds. The minimum absolute atomic E-state index is 0.0283. The molecule has 150 valence electrons. The molecule has 29 heavy (non-hydrogen) atoms. The molecule has 0 radical (unpaired) electrons. The largest absolute Gasteiger partial charge is 0.444 e. The number of hydrogen-bond acceptors (Lipinski definition) is 5. The number of aryl methyl sites for hydroxylation is 1. The van der Waals surface area contributed by atoms with E-state index in [1.165, 1.54) is 32.4 Å². The van der Waals surface area contributed by atoms with Crippen LogP contribution in [0.5, 0.6) is 0 Å². The molecular formula is C19H15F3N4O3. The summed E-state index contributed by atoms with van der Waals surface area (Å²) >= 11 is 0. The molecule has 0 atom stereocenters. The second-order valence-electron chi connectivity index (χ2n) is 6.34. The molecular weight excluding hydrogens is 389 g/mol. The average Bonchev–Trinajstić information content (AvgIpc) is 3.27. The monoisotopic (exact) mass is 404 g/mol. The van der Waals surface area contributed by atoms with Crippen molar-refractivity contribution in [2.75, 3.05) is 7.11 Å². The molecule has 0 fully saturated rings. The number of fused-ring (bicyclic) bond motifs is 1. The Morgan fingerprint density at radius 2 is 1.90 bits per heavy atom. The number of methoxy groups -OCH3 is 1. The topological polar surface area (TPSA) is 85.4 Å². The predicted molar refractivity (Wildman–Crippen MR) is 97.2 cm³/mol. The zero-order chi connectivity index (χ0) is 20.8. The van der Waals surface area contributed by atoms with Gasteiger partial charge in [0.25, 0.3) is 5.56 Å². The van der Waals surface area contributed by atoms with E-state index in [0.29, 0.717) is 5.69 Å². The molecule has 0 aliphatic rings. The molecule has 0 saturated carbocycles. The number of halogens is 3. The van der Waals surface area contributed by atoms with Gasteiger partial charge in [0.15, 0.2) is 5.65 Å². The van der Waals surface area contributed by atoms with Crippen LogP contribution in [0.1, 0.15) is 17.1 Å². The third-order valence-corrected chi connectivity index (χ3v) is 4.37. The molecule has 0 unspecified atom stereocenters. The molecule has 1 aromatic carbocycles. The van der Waals surface area contributed by atoms with Crippen LogP contribution in [0.3, 0.4) is 0 Å². The summed E-state index contributed by atoms with van der Waals surface area (Å²) in [5, 5.41) is 2.16. The lowest BCUT2D eigenvalue weighted by Crippen LogP contribution is -2.20. The quantitative estimate of drug-likeness (QED) is 0.559. The first-order chi connectivity index (χ1) is 13.8. The Bertz CT molecular complexity index is 1240. The first-order valence-corrected chi connectivity index (χ1v) is 8.53. The summed E-state index contributed by atoms with van der Waals surface area (Å²) < 4.78 is 52.1. The second kappa shape index (κ2) is 6.89. The molecule has 4 aromatic rings. The van der Waals surface area contributed by atoms with E-state index < -0.39 is 17.4 Å². The highest BCUT2D eigenvalue weighted by Crippen LogP contribution is 2.38. The highest BCUT2D eigenvalue weighted by molar-refractivity contribution is 5.81. The highest BCUT2D eigenvalue weighted by Gasteiger charge is 2.38. The maximum absolute atomic E-state index is 13.7. The van der Waals surface area contributed by atoms with Gasteiger partial charge in [-0.2, -0.15) is 17.7 Å². The molecule has 0 spiro atoms. The zero-order valence-corrected chi connectivity index (χ0v) is 15.4. The summed E-state index contributed by atoms with van der Waals surface area (Å²) in [7, 11) is 1.48. The molecule has 0 saturated heterocycles. The van der Waals surface area contributed by atoms with Crippen molar-refractivity contribution < 1.29 is 22.3 Å². The summed E-state index contributed by atoms with van der Waals surface area (Å²) in [4.78, 5) is 21.5. The van der Waals surface area contributed by atoms with Gasteiger partial charge < -0.3 is 9.15 Å². The third-order valence-electron chi connectivity index (χ3n) is 4.37. The van der Waals surface area contributed by atoms with Gasteiger partial charge in [-0.05, 0) is 12.5 Å². The van der Waals surface area contributed by atoms with Gasteiger partial charge in [0.2, 0.25) is 5.89 Å². The number of nitrogens with zero attached hydrogens (tertiary/aromatic N) is 3. The lowest BCUT2D eigenvalue weighted by atomic mass is 10.1. The predicted octanol–water partition coefficient (Wildman–Crippen LogP) is 3.82. The maximum Gasteiger partial charge on any atom is 0.433 e. The number of ether oxygens (including phenoxy) is 1. The summed E-state index contributed by atoms with van der Waals surface area (Å²) in [6.07, 6.45) is -3.40. The van der Waals surface area contributed by atoms with Crippen LogP contribution in [0, 0.1) is 6.92 Å². The van der Waals surface area contributed by atoms with E-state index in [4.69, 9.17) is 9.15 Å². The molecule has 4 rings (SSSR count). The van der Waals surface area contributed by atoms with Crippen molar-refractivity contribution in [1.82, 2.24) is 19.6 Å². The molecule has 10 heteroatoms. The standard InChI is InChI=1S/C19H15F3N4O3/c1-10-13(17-24-12(8-28-2)9-29-17)18(27)26-16(23-10)14(11-6-4-3-5-7-11)15(25-26)19(20,21)22/h3-7,9,25H,8H2,1-2H3. The number of aromatic nitrogens is 4. The number of aromatic amines is 1. The summed E-state index contributed by atoms with van der Waals surface area (Å²) in [6, 6.07) is 7.97. The zero-order valence-electron chi connectivity index (χ0n) is 15.4. The van der Waals surface area contributed by atoms with Gasteiger partial charge in [-0.25, -0.2) is 9.97 Å². The van der Waals surface area contributed by atoms with E-state index in [2.05, 4.69) is 15.1 Å². The minimum Gasteiger partial charge on any atom is -0.444 e. The minimum atomic E-state index is -4.71. The van der Waals surface area contributed by atoms with Crippen molar-refractivity contribution in [3.8, 4) is 22.6 Å². The first kappa shape index (κ1) is 18.9. The molecule has 0 aliphatic heterocycles. The van der Waals surface area contributed by atoms with E-state index in [-0.39, 0.29) is 40.5 Å². The van der Waals surface area contributed by atoms with Crippen LogP contribution in [0.4, 0.5) is 13.2 Å². The second-order valence-corrected chi connectivity index (χ2v) is 6.34. The van der Waals surface area contributed by atoms with Crippen molar-refractivity contribution in [1.29, 1.82) is 0 Å². The number of H-pyrrole nitrogens is 1. The number of hydrogen-bond donors (Lipinski definition) is 1. The highest BCUT2D eigenvalue weighted by atomic mass is 19.4. The summed E-state index contributed by atoms with van der Waals surface area (Å²) in [5.41, 5.74) is -1.22. The van der Waals surface area contributed by atoms with Crippen molar-refractivity contribution >= 4 is 5.65 Å². The van der Waals surface area contributed by atoms with Gasteiger partial charge in [0.1, 0.15) is 23.2 Å². The van der Waals surface area contributed by atoms with Crippen LogP contribution in [0.2, 0.25) is 0 Å². The summed E-state index contributed by atoms with van der Waals surface area (Å²) in [6.45, 7) is 1.68. The number of rotatable bonds is 4. The molecule has 1 N–H and O–H groups in total. The SMILES string of the molecule is COCc1coc(-c2c(C)nc3c(-c4ccccc4)c(C(F)(F)F)[nH]n3c2=O)n1. The van der Waals surface area contributed by atoms with Crippen LogP contribution in [-0.4, -0.2) is 26.7 Å². The Morgan fingerprint density at radius 3 is 2.55 bits per heavy atom. The molecule has 3 heterocycles. The van der Waals surface area contributed by atoms with Gasteiger partial charge in [-0.3, -0.25) is 9.89 Å². The number of nitrogens with one attached hydrogen (secondary N) is 1. The van der Waals surface area contributed by atoms with E-state index >= 15 is 0 Å². The Balaban J connectivity index is 2.02.